The molecule has 0 radical (unpaired) electrons. The third-order valence-corrected chi connectivity index (χ3v) is 1.65. The van der Waals surface area contributed by atoms with Gasteiger partial charge in [0, 0.05) is 13.0 Å². The molecule has 0 bridgehead atoms. The lowest BCUT2D eigenvalue weighted by atomic mass is 10.3. The monoisotopic (exact) mass is 169 g/mol. The van der Waals surface area contributed by atoms with E-state index in [0.717, 1.165) is 31.6 Å². The van der Waals surface area contributed by atoms with Gasteiger partial charge in [0.15, 0.2) is 5.82 Å². The summed E-state index contributed by atoms with van der Waals surface area (Å²) in [4.78, 5) is 0. The Bertz CT molecular complexity index is 219. The predicted octanol–water partition coefficient (Wildman–Crippen LogP) is -0.0256. The van der Waals surface area contributed by atoms with Gasteiger partial charge in [0.25, 0.3) is 0 Å². The molecule has 0 spiro atoms. The highest BCUT2D eigenvalue weighted by Gasteiger charge is 2.02. The van der Waals surface area contributed by atoms with Crippen molar-refractivity contribution in [1.29, 1.82) is 0 Å². The molecule has 2 N–H and O–H groups in total. The Morgan fingerprint density at radius 1 is 1.50 bits per heavy atom. The summed E-state index contributed by atoms with van der Waals surface area (Å²) in [6.45, 7) is 3.63. The van der Waals surface area contributed by atoms with E-state index < -0.39 is 0 Å². The van der Waals surface area contributed by atoms with E-state index in [1.54, 1.807) is 0 Å². The van der Waals surface area contributed by atoms with E-state index in [2.05, 4.69) is 22.4 Å². The van der Waals surface area contributed by atoms with Crippen molar-refractivity contribution >= 4 is 0 Å². The summed E-state index contributed by atoms with van der Waals surface area (Å²) in [6, 6.07) is 0. The minimum Gasteiger partial charge on any atom is -0.330 e. The first-order valence-corrected chi connectivity index (χ1v) is 4.33. The second-order valence-electron chi connectivity index (χ2n) is 2.71. The zero-order valence-electron chi connectivity index (χ0n) is 7.40. The van der Waals surface area contributed by atoms with Crippen LogP contribution in [0.2, 0.25) is 0 Å². The van der Waals surface area contributed by atoms with Gasteiger partial charge in [0.2, 0.25) is 0 Å². The van der Waals surface area contributed by atoms with Gasteiger partial charge in [0.1, 0.15) is 0 Å². The van der Waals surface area contributed by atoms with E-state index in [0.29, 0.717) is 6.54 Å². The molecule has 5 nitrogen and oxygen atoms in total. The van der Waals surface area contributed by atoms with E-state index in [1.807, 2.05) is 4.68 Å². The number of aryl methyl sites for hydroxylation is 2. The number of hydrogen-bond donors (Lipinski definition) is 1. The molecule has 5 heteroatoms. The van der Waals surface area contributed by atoms with Crippen LogP contribution in [0.3, 0.4) is 0 Å². The Labute approximate surface area is 71.9 Å². The number of tetrazole rings is 1. The molecule has 0 amide bonds. The molecule has 1 aromatic heterocycles. The molecule has 0 aliphatic heterocycles. The van der Waals surface area contributed by atoms with Crippen molar-refractivity contribution in [1.82, 2.24) is 20.2 Å². The molecule has 68 valence electrons. The second-order valence-corrected chi connectivity index (χ2v) is 2.71. The first-order valence-electron chi connectivity index (χ1n) is 4.33. The highest BCUT2D eigenvalue weighted by atomic mass is 15.5. The fourth-order valence-corrected chi connectivity index (χ4v) is 1.04. The lowest BCUT2D eigenvalue weighted by Gasteiger charge is -2.00. The van der Waals surface area contributed by atoms with Crippen LogP contribution < -0.4 is 5.73 Å². The molecule has 1 heterocycles. The maximum absolute atomic E-state index is 5.39. The zero-order valence-corrected chi connectivity index (χ0v) is 7.40. The van der Waals surface area contributed by atoms with Crippen LogP contribution in [-0.4, -0.2) is 26.8 Å². The molecule has 0 unspecified atom stereocenters. The fraction of sp³-hybridized carbons (Fsp3) is 0.857. The van der Waals surface area contributed by atoms with Crippen molar-refractivity contribution in [2.24, 2.45) is 5.73 Å². The molecule has 0 aliphatic carbocycles. The van der Waals surface area contributed by atoms with Crippen LogP contribution >= 0.6 is 0 Å². The van der Waals surface area contributed by atoms with Gasteiger partial charge in [-0.2, -0.15) is 0 Å². The highest BCUT2D eigenvalue weighted by molar-refractivity contribution is 4.79. The average molecular weight is 169 g/mol. The average Bonchev–Trinajstić information content (AvgIpc) is 2.50. The van der Waals surface area contributed by atoms with E-state index in [4.69, 9.17) is 5.73 Å². The number of hydrogen-bond acceptors (Lipinski definition) is 4. The van der Waals surface area contributed by atoms with Crippen molar-refractivity contribution in [3.8, 4) is 0 Å². The van der Waals surface area contributed by atoms with Crippen LogP contribution in [0.15, 0.2) is 0 Å². The van der Waals surface area contributed by atoms with Gasteiger partial charge in [-0.3, -0.25) is 0 Å². The molecule has 12 heavy (non-hydrogen) atoms. The Balaban J connectivity index is 2.51. The SMILES string of the molecule is CCCc1nnnn1CCCN. The predicted molar refractivity (Wildman–Crippen MR) is 45.5 cm³/mol. The molecule has 0 aliphatic rings. The van der Waals surface area contributed by atoms with Gasteiger partial charge in [0.05, 0.1) is 0 Å². The lowest BCUT2D eigenvalue weighted by molar-refractivity contribution is 0.540. The summed E-state index contributed by atoms with van der Waals surface area (Å²) in [7, 11) is 0. The third-order valence-electron chi connectivity index (χ3n) is 1.65. The largest absolute Gasteiger partial charge is 0.330 e. The van der Waals surface area contributed by atoms with Crippen molar-refractivity contribution in [3.63, 3.8) is 0 Å². The number of rotatable bonds is 5. The van der Waals surface area contributed by atoms with E-state index in [-0.39, 0.29) is 0 Å². The number of aromatic nitrogens is 4. The molecule has 0 aromatic carbocycles. The highest BCUT2D eigenvalue weighted by Crippen LogP contribution is 1.97. The molecular weight excluding hydrogens is 154 g/mol. The first-order chi connectivity index (χ1) is 5.88. The number of nitrogens with zero attached hydrogens (tertiary/aromatic N) is 4. The van der Waals surface area contributed by atoms with Crippen LogP contribution in [0, 0.1) is 0 Å². The topological polar surface area (TPSA) is 69.6 Å². The van der Waals surface area contributed by atoms with Gasteiger partial charge in [-0.25, -0.2) is 4.68 Å². The minimum absolute atomic E-state index is 0.686. The van der Waals surface area contributed by atoms with Crippen LogP contribution in [0.5, 0.6) is 0 Å². The fourth-order valence-electron chi connectivity index (χ4n) is 1.04. The van der Waals surface area contributed by atoms with Gasteiger partial charge in [-0.15, -0.1) is 5.10 Å². The zero-order chi connectivity index (χ0) is 8.81. The van der Waals surface area contributed by atoms with Gasteiger partial charge in [-0.1, -0.05) is 6.92 Å². The van der Waals surface area contributed by atoms with Crippen molar-refractivity contribution < 1.29 is 0 Å². The van der Waals surface area contributed by atoms with Gasteiger partial charge < -0.3 is 5.73 Å². The van der Waals surface area contributed by atoms with Crippen LogP contribution in [-0.2, 0) is 13.0 Å². The maximum Gasteiger partial charge on any atom is 0.151 e. The van der Waals surface area contributed by atoms with Crippen LogP contribution in [0.1, 0.15) is 25.6 Å². The molecule has 1 rings (SSSR count). The quantitative estimate of drug-likeness (QED) is 0.672. The summed E-state index contributed by atoms with van der Waals surface area (Å²) in [5, 5.41) is 11.4. The summed E-state index contributed by atoms with van der Waals surface area (Å²) in [5.74, 6) is 0.964. The van der Waals surface area contributed by atoms with Crippen molar-refractivity contribution in [2.45, 2.75) is 32.7 Å². The summed E-state index contributed by atoms with van der Waals surface area (Å²) < 4.78 is 1.83. The van der Waals surface area contributed by atoms with Gasteiger partial charge in [-0.05, 0) is 29.8 Å². The third kappa shape index (κ3) is 2.27. The molecular formula is C7H15N5. The Morgan fingerprint density at radius 2 is 2.33 bits per heavy atom. The van der Waals surface area contributed by atoms with E-state index >= 15 is 0 Å². The smallest absolute Gasteiger partial charge is 0.151 e. The van der Waals surface area contributed by atoms with Crippen LogP contribution in [0.25, 0.3) is 0 Å². The molecule has 0 saturated heterocycles. The molecule has 0 saturated carbocycles. The summed E-state index contributed by atoms with van der Waals surface area (Å²) in [6.07, 6.45) is 2.95. The second kappa shape index (κ2) is 4.82. The Kier molecular flexibility index (Phi) is 3.66. The molecule has 0 atom stereocenters. The number of nitrogens with two attached hydrogens (primary N) is 1. The molecule has 0 fully saturated rings. The molecule has 1 aromatic rings. The van der Waals surface area contributed by atoms with Crippen LogP contribution in [0.4, 0.5) is 0 Å². The van der Waals surface area contributed by atoms with Crippen molar-refractivity contribution in [3.05, 3.63) is 5.82 Å². The lowest BCUT2D eigenvalue weighted by Crippen LogP contribution is -2.10. The van der Waals surface area contributed by atoms with Crippen molar-refractivity contribution in [2.75, 3.05) is 6.54 Å². The standard InChI is InChI=1S/C7H15N5/c1-2-4-7-9-10-11-12(7)6-3-5-8/h2-6,8H2,1H3. The van der Waals surface area contributed by atoms with E-state index in [9.17, 15) is 0 Å². The maximum atomic E-state index is 5.39. The summed E-state index contributed by atoms with van der Waals surface area (Å²) in [5.41, 5.74) is 5.39. The minimum atomic E-state index is 0.686. The van der Waals surface area contributed by atoms with Gasteiger partial charge >= 0.3 is 0 Å². The van der Waals surface area contributed by atoms with E-state index in [1.165, 1.54) is 0 Å². The first kappa shape index (κ1) is 9.12. The normalized spacial score (nSPS) is 10.5. The Morgan fingerprint density at radius 3 is 3.00 bits per heavy atom. The Hall–Kier alpha value is -0.970. The summed E-state index contributed by atoms with van der Waals surface area (Å²) >= 11 is 0.